The molecule has 0 bridgehead atoms. The van der Waals surface area contributed by atoms with Gasteiger partial charge in [-0.2, -0.15) is 0 Å². The first kappa shape index (κ1) is 9.99. The van der Waals surface area contributed by atoms with Crippen molar-refractivity contribution < 1.29 is 5.11 Å². The number of phenolic OH excluding ortho intramolecular Hbond substituents is 1. The lowest BCUT2D eigenvalue weighted by Gasteiger charge is -2.12. The fraction of sp³-hybridized carbons (Fsp3) is 0.231. The lowest BCUT2D eigenvalue weighted by atomic mass is 10.0. The molecule has 0 spiro atoms. The zero-order valence-corrected chi connectivity index (χ0v) is 9.07. The maximum absolute atomic E-state index is 9.39. The van der Waals surface area contributed by atoms with E-state index in [1.165, 1.54) is 10.9 Å². The van der Waals surface area contributed by atoms with E-state index in [0.29, 0.717) is 5.75 Å². The van der Waals surface area contributed by atoms with Crippen molar-refractivity contribution in [3.05, 3.63) is 42.0 Å². The van der Waals surface area contributed by atoms with E-state index in [1.54, 1.807) is 12.1 Å². The summed E-state index contributed by atoms with van der Waals surface area (Å²) >= 11 is 0. The smallest absolute Gasteiger partial charge is 0.116 e. The van der Waals surface area contributed by atoms with Crippen molar-refractivity contribution in [1.82, 2.24) is 4.90 Å². The Bertz CT molecular complexity index is 477. The molecular formula is C13H15NO. The second-order valence-corrected chi connectivity index (χ2v) is 4.06. The van der Waals surface area contributed by atoms with E-state index < -0.39 is 0 Å². The second kappa shape index (κ2) is 3.91. The Kier molecular flexibility index (Phi) is 2.60. The average molecular weight is 201 g/mol. The number of phenols is 1. The molecule has 2 aromatic carbocycles. The van der Waals surface area contributed by atoms with Gasteiger partial charge >= 0.3 is 0 Å². The summed E-state index contributed by atoms with van der Waals surface area (Å²) in [7, 11) is 4.11. The van der Waals surface area contributed by atoms with Gasteiger partial charge in [-0.25, -0.2) is 0 Å². The zero-order chi connectivity index (χ0) is 10.8. The number of rotatable bonds is 2. The number of aromatic hydroxyl groups is 1. The molecule has 0 amide bonds. The first-order chi connectivity index (χ1) is 7.16. The number of fused-ring (bicyclic) bond motifs is 1. The Labute approximate surface area is 89.8 Å². The van der Waals surface area contributed by atoms with E-state index in [1.807, 2.05) is 18.2 Å². The highest BCUT2D eigenvalue weighted by Crippen LogP contribution is 2.23. The number of hydrogen-bond acceptors (Lipinski definition) is 2. The molecule has 0 aliphatic carbocycles. The fourth-order valence-electron chi connectivity index (χ4n) is 1.82. The lowest BCUT2D eigenvalue weighted by Crippen LogP contribution is -2.10. The topological polar surface area (TPSA) is 23.5 Å². The lowest BCUT2D eigenvalue weighted by molar-refractivity contribution is 0.404. The Hall–Kier alpha value is -1.54. The van der Waals surface area contributed by atoms with Crippen LogP contribution in [-0.2, 0) is 6.54 Å². The molecule has 0 aliphatic rings. The van der Waals surface area contributed by atoms with E-state index in [0.717, 1.165) is 11.9 Å². The molecule has 0 aliphatic heterocycles. The number of nitrogens with zero attached hydrogens (tertiary/aromatic N) is 1. The van der Waals surface area contributed by atoms with Crippen LogP contribution in [-0.4, -0.2) is 24.1 Å². The molecule has 0 unspecified atom stereocenters. The van der Waals surface area contributed by atoms with Gasteiger partial charge in [0.2, 0.25) is 0 Å². The van der Waals surface area contributed by atoms with Crippen LogP contribution >= 0.6 is 0 Å². The van der Waals surface area contributed by atoms with Crippen LogP contribution in [0.3, 0.4) is 0 Å². The summed E-state index contributed by atoms with van der Waals surface area (Å²) in [4.78, 5) is 2.14. The van der Waals surface area contributed by atoms with Crippen LogP contribution in [0.5, 0.6) is 5.75 Å². The molecule has 2 heteroatoms. The Morgan fingerprint density at radius 1 is 1.13 bits per heavy atom. The molecule has 0 saturated heterocycles. The predicted octanol–water partition coefficient (Wildman–Crippen LogP) is 2.61. The molecule has 0 aromatic heterocycles. The highest BCUT2D eigenvalue weighted by Gasteiger charge is 2.02. The minimum absolute atomic E-state index is 0.324. The van der Waals surface area contributed by atoms with Gasteiger partial charge < -0.3 is 10.0 Å². The summed E-state index contributed by atoms with van der Waals surface area (Å²) in [5.74, 6) is 0.324. The molecule has 15 heavy (non-hydrogen) atoms. The Morgan fingerprint density at radius 2 is 1.93 bits per heavy atom. The van der Waals surface area contributed by atoms with Crippen molar-refractivity contribution >= 4 is 10.8 Å². The summed E-state index contributed by atoms with van der Waals surface area (Å²) in [5, 5.41) is 11.7. The summed E-state index contributed by atoms with van der Waals surface area (Å²) < 4.78 is 0. The molecule has 0 atom stereocenters. The molecule has 0 heterocycles. The van der Waals surface area contributed by atoms with Crippen molar-refractivity contribution in [3.63, 3.8) is 0 Å². The standard InChI is InChI=1S/C13H15NO/c1-14(2)9-11-5-3-4-10-8-12(15)6-7-13(10)11/h3-8,15H,9H2,1-2H3. The third-order valence-electron chi connectivity index (χ3n) is 2.44. The van der Waals surface area contributed by atoms with Crippen LogP contribution in [0.4, 0.5) is 0 Å². The quantitative estimate of drug-likeness (QED) is 0.807. The van der Waals surface area contributed by atoms with E-state index >= 15 is 0 Å². The maximum Gasteiger partial charge on any atom is 0.116 e. The maximum atomic E-state index is 9.39. The monoisotopic (exact) mass is 201 g/mol. The minimum atomic E-state index is 0.324. The van der Waals surface area contributed by atoms with Crippen LogP contribution < -0.4 is 0 Å². The highest BCUT2D eigenvalue weighted by atomic mass is 16.3. The molecule has 2 aromatic rings. The SMILES string of the molecule is CN(C)Cc1cccc2cc(O)ccc12. The third-order valence-corrected chi connectivity index (χ3v) is 2.44. The summed E-state index contributed by atoms with van der Waals surface area (Å²) in [6.45, 7) is 0.919. The van der Waals surface area contributed by atoms with Gasteiger partial charge in [-0.3, -0.25) is 0 Å². The minimum Gasteiger partial charge on any atom is -0.508 e. The zero-order valence-electron chi connectivity index (χ0n) is 9.07. The van der Waals surface area contributed by atoms with Crippen LogP contribution in [0, 0.1) is 0 Å². The van der Waals surface area contributed by atoms with E-state index in [4.69, 9.17) is 0 Å². The second-order valence-electron chi connectivity index (χ2n) is 4.06. The summed E-state index contributed by atoms with van der Waals surface area (Å²) in [6.07, 6.45) is 0. The van der Waals surface area contributed by atoms with Gasteiger partial charge in [0.05, 0.1) is 0 Å². The molecule has 78 valence electrons. The highest BCUT2D eigenvalue weighted by molar-refractivity contribution is 5.86. The van der Waals surface area contributed by atoms with Crippen LogP contribution in [0.2, 0.25) is 0 Å². The van der Waals surface area contributed by atoms with Gasteiger partial charge in [0.25, 0.3) is 0 Å². The van der Waals surface area contributed by atoms with E-state index in [-0.39, 0.29) is 0 Å². The molecule has 0 fully saturated rings. The van der Waals surface area contributed by atoms with Gasteiger partial charge in [-0.15, -0.1) is 0 Å². The van der Waals surface area contributed by atoms with Crippen LogP contribution in [0.15, 0.2) is 36.4 Å². The molecular weight excluding hydrogens is 186 g/mol. The Morgan fingerprint density at radius 3 is 2.67 bits per heavy atom. The molecule has 1 N–H and O–H groups in total. The van der Waals surface area contributed by atoms with Crippen LogP contribution in [0.1, 0.15) is 5.56 Å². The van der Waals surface area contributed by atoms with E-state index in [2.05, 4.69) is 25.1 Å². The van der Waals surface area contributed by atoms with Gasteiger partial charge in [-0.05, 0) is 42.6 Å². The molecule has 2 nitrogen and oxygen atoms in total. The first-order valence-electron chi connectivity index (χ1n) is 5.02. The van der Waals surface area contributed by atoms with Gasteiger partial charge in [-0.1, -0.05) is 24.3 Å². The van der Waals surface area contributed by atoms with Crippen molar-refractivity contribution in [2.75, 3.05) is 14.1 Å². The van der Waals surface area contributed by atoms with Crippen molar-refractivity contribution in [2.24, 2.45) is 0 Å². The van der Waals surface area contributed by atoms with Gasteiger partial charge in [0.15, 0.2) is 0 Å². The first-order valence-corrected chi connectivity index (χ1v) is 5.02. The van der Waals surface area contributed by atoms with E-state index in [9.17, 15) is 5.11 Å². The molecule has 0 saturated carbocycles. The largest absolute Gasteiger partial charge is 0.508 e. The number of benzene rings is 2. The normalized spacial score (nSPS) is 11.1. The van der Waals surface area contributed by atoms with Crippen molar-refractivity contribution in [1.29, 1.82) is 0 Å². The third kappa shape index (κ3) is 2.10. The van der Waals surface area contributed by atoms with Gasteiger partial charge in [0, 0.05) is 6.54 Å². The average Bonchev–Trinajstić information content (AvgIpc) is 2.16. The van der Waals surface area contributed by atoms with Gasteiger partial charge in [0.1, 0.15) is 5.75 Å². The summed E-state index contributed by atoms with van der Waals surface area (Å²) in [5.41, 5.74) is 1.29. The van der Waals surface area contributed by atoms with Crippen LogP contribution in [0.25, 0.3) is 10.8 Å². The molecule has 2 rings (SSSR count). The van der Waals surface area contributed by atoms with Crippen molar-refractivity contribution in [2.45, 2.75) is 6.54 Å². The molecule has 0 radical (unpaired) electrons. The van der Waals surface area contributed by atoms with Crippen molar-refractivity contribution in [3.8, 4) is 5.75 Å². The fourth-order valence-corrected chi connectivity index (χ4v) is 1.82. The Balaban J connectivity index is 2.56. The number of hydrogen-bond donors (Lipinski definition) is 1. The summed E-state index contributed by atoms with van der Waals surface area (Å²) in [6, 6.07) is 11.7. The predicted molar refractivity (Wildman–Crippen MR) is 63.0 cm³/mol.